The molecule has 0 bridgehead atoms. The lowest BCUT2D eigenvalue weighted by atomic mass is 10.1. The van der Waals surface area contributed by atoms with E-state index in [1.54, 1.807) is 6.20 Å². The van der Waals surface area contributed by atoms with Gasteiger partial charge in [-0.2, -0.15) is 0 Å². The number of nitrogens with zero attached hydrogens (tertiary/aromatic N) is 4. The summed E-state index contributed by atoms with van der Waals surface area (Å²) in [7, 11) is 0. The molecule has 1 aliphatic carbocycles. The van der Waals surface area contributed by atoms with E-state index >= 15 is 0 Å². The van der Waals surface area contributed by atoms with Crippen molar-refractivity contribution in [3.05, 3.63) is 48.4 Å². The van der Waals surface area contributed by atoms with E-state index in [4.69, 9.17) is 4.74 Å². The summed E-state index contributed by atoms with van der Waals surface area (Å²) in [5.74, 6) is 2.51. The first kappa shape index (κ1) is 17.5. The van der Waals surface area contributed by atoms with Crippen molar-refractivity contribution in [2.24, 2.45) is 5.92 Å². The zero-order valence-electron chi connectivity index (χ0n) is 16.0. The Kier molecular flexibility index (Phi) is 4.63. The molecule has 1 saturated carbocycles. The molecule has 6 nitrogen and oxygen atoms in total. The Morgan fingerprint density at radius 2 is 1.96 bits per heavy atom. The molecule has 0 radical (unpaired) electrons. The molecular weight excluding hydrogens is 352 g/mol. The molecule has 5 rings (SSSR count). The summed E-state index contributed by atoms with van der Waals surface area (Å²) in [5, 5.41) is 0. The van der Waals surface area contributed by atoms with Gasteiger partial charge in [0.25, 0.3) is 0 Å². The molecule has 3 aliphatic rings. The summed E-state index contributed by atoms with van der Waals surface area (Å²) in [6.45, 7) is 3.53. The van der Waals surface area contributed by atoms with Gasteiger partial charge in [-0.15, -0.1) is 0 Å². The minimum Gasteiger partial charge on any atom is -0.485 e. The maximum atomic E-state index is 12.9. The summed E-state index contributed by atoms with van der Waals surface area (Å²) in [6.07, 6.45) is 9.78. The number of likely N-dealkylation sites (tertiary alicyclic amines) is 1. The van der Waals surface area contributed by atoms with Crippen LogP contribution in [0.1, 0.15) is 37.2 Å². The van der Waals surface area contributed by atoms with Gasteiger partial charge in [-0.25, -0.2) is 4.98 Å². The molecule has 0 spiro atoms. The SMILES string of the molecule is O=C([C@@H]1C[C@H]1c1cccnc1)N1CC[C@@H](Oc2cccnc2N2CCCC2)C1. The third-order valence-electron chi connectivity index (χ3n) is 6.13. The molecule has 4 heterocycles. The van der Waals surface area contributed by atoms with E-state index in [1.165, 1.54) is 18.4 Å². The Bertz CT molecular complexity index is 837. The van der Waals surface area contributed by atoms with Crippen molar-refractivity contribution < 1.29 is 9.53 Å². The van der Waals surface area contributed by atoms with Gasteiger partial charge in [-0.1, -0.05) is 6.07 Å². The predicted molar refractivity (Wildman–Crippen MR) is 106 cm³/mol. The molecule has 3 atom stereocenters. The Morgan fingerprint density at radius 3 is 2.79 bits per heavy atom. The second-order valence-corrected chi connectivity index (χ2v) is 8.07. The first-order valence-electron chi connectivity index (χ1n) is 10.3. The lowest BCUT2D eigenvalue weighted by Crippen LogP contribution is -2.32. The van der Waals surface area contributed by atoms with Crippen LogP contribution in [0.5, 0.6) is 5.75 Å². The molecule has 1 amide bonds. The van der Waals surface area contributed by atoms with Gasteiger partial charge in [0.05, 0.1) is 6.54 Å². The number of rotatable bonds is 5. The van der Waals surface area contributed by atoms with Crippen LogP contribution in [0.15, 0.2) is 42.9 Å². The monoisotopic (exact) mass is 378 g/mol. The number of amides is 1. The Hall–Kier alpha value is -2.63. The zero-order chi connectivity index (χ0) is 18.9. The van der Waals surface area contributed by atoms with E-state index in [2.05, 4.69) is 20.9 Å². The highest BCUT2D eigenvalue weighted by Gasteiger charge is 2.47. The highest BCUT2D eigenvalue weighted by atomic mass is 16.5. The van der Waals surface area contributed by atoms with Crippen LogP contribution in [0.25, 0.3) is 0 Å². The summed E-state index contributed by atoms with van der Waals surface area (Å²) >= 11 is 0. The van der Waals surface area contributed by atoms with E-state index in [0.717, 1.165) is 44.0 Å². The lowest BCUT2D eigenvalue weighted by Gasteiger charge is -2.22. The van der Waals surface area contributed by atoms with Gasteiger partial charge < -0.3 is 14.5 Å². The van der Waals surface area contributed by atoms with Crippen LogP contribution in [0.3, 0.4) is 0 Å². The largest absolute Gasteiger partial charge is 0.485 e. The van der Waals surface area contributed by atoms with Crippen LogP contribution >= 0.6 is 0 Å². The van der Waals surface area contributed by atoms with Gasteiger partial charge in [0.1, 0.15) is 6.10 Å². The zero-order valence-corrected chi connectivity index (χ0v) is 16.0. The summed E-state index contributed by atoms with van der Waals surface area (Å²) in [5.41, 5.74) is 1.18. The number of ether oxygens (including phenoxy) is 1. The van der Waals surface area contributed by atoms with E-state index < -0.39 is 0 Å². The van der Waals surface area contributed by atoms with Crippen molar-refractivity contribution in [2.75, 3.05) is 31.1 Å². The fourth-order valence-electron chi connectivity index (χ4n) is 4.51. The standard InChI is InChI=1S/C22H26N4O2/c27-22(19-13-18(19)16-5-3-8-23-14-16)26-12-7-17(15-26)28-20-6-4-9-24-21(20)25-10-1-2-11-25/h3-6,8-9,14,17-19H,1-2,7,10-13,15H2/t17-,18+,19-/m1/s1. The number of pyridine rings is 2. The fourth-order valence-corrected chi connectivity index (χ4v) is 4.51. The molecular formula is C22H26N4O2. The highest BCUT2D eigenvalue weighted by molar-refractivity contribution is 5.83. The molecule has 0 unspecified atom stereocenters. The van der Waals surface area contributed by atoms with Crippen molar-refractivity contribution in [1.82, 2.24) is 14.9 Å². The molecule has 0 aromatic carbocycles. The molecule has 3 fully saturated rings. The normalized spacial score (nSPS) is 26.5. The molecule has 2 saturated heterocycles. The van der Waals surface area contributed by atoms with Crippen LogP contribution in [0.2, 0.25) is 0 Å². The van der Waals surface area contributed by atoms with E-state index in [9.17, 15) is 4.79 Å². The number of hydrogen-bond donors (Lipinski definition) is 0. The van der Waals surface area contributed by atoms with E-state index in [0.29, 0.717) is 12.5 Å². The number of anilines is 1. The Labute approximate surface area is 165 Å². The Morgan fingerprint density at radius 1 is 1.11 bits per heavy atom. The van der Waals surface area contributed by atoms with Crippen LogP contribution in [0, 0.1) is 5.92 Å². The third-order valence-corrected chi connectivity index (χ3v) is 6.13. The van der Waals surface area contributed by atoms with Crippen molar-refractivity contribution in [1.29, 1.82) is 0 Å². The second kappa shape index (κ2) is 7.41. The summed E-state index contributed by atoms with van der Waals surface area (Å²) < 4.78 is 6.30. The first-order valence-corrected chi connectivity index (χ1v) is 10.3. The van der Waals surface area contributed by atoms with Gasteiger partial charge in [0.2, 0.25) is 5.91 Å². The van der Waals surface area contributed by atoms with Gasteiger partial charge >= 0.3 is 0 Å². The van der Waals surface area contributed by atoms with Crippen LogP contribution in [0.4, 0.5) is 5.82 Å². The fraction of sp³-hybridized carbons (Fsp3) is 0.500. The van der Waals surface area contributed by atoms with Gasteiger partial charge in [0, 0.05) is 50.6 Å². The molecule has 28 heavy (non-hydrogen) atoms. The first-order chi connectivity index (χ1) is 13.8. The second-order valence-electron chi connectivity index (χ2n) is 8.07. The number of carbonyl (C=O) groups excluding carboxylic acids is 1. The summed E-state index contributed by atoms with van der Waals surface area (Å²) in [6, 6.07) is 7.95. The molecule has 2 aromatic heterocycles. The van der Waals surface area contributed by atoms with Crippen LogP contribution < -0.4 is 9.64 Å². The van der Waals surface area contributed by atoms with Gasteiger partial charge in [-0.05, 0) is 48.9 Å². The highest BCUT2D eigenvalue weighted by Crippen LogP contribution is 2.48. The van der Waals surface area contributed by atoms with Crippen molar-refractivity contribution >= 4 is 11.7 Å². The molecule has 146 valence electrons. The van der Waals surface area contributed by atoms with Crippen LogP contribution in [-0.4, -0.2) is 53.1 Å². The van der Waals surface area contributed by atoms with E-state index in [-0.39, 0.29) is 17.9 Å². The van der Waals surface area contributed by atoms with Crippen molar-refractivity contribution in [3.63, 3.8) is 0 Å². The number of aromatic nitrogens is 2. The molecule has 2 aliphatic heterocycles. The minimum absolute atomic E-state index is 0.0464. The van der Waals surface area contributed by atoms with Crippen molar-refractivity contribution in [2.45, 2.75) is 37.7 Å². The van der Waals surface area contributed by atoms with E-state index in [1.807, 2.05) is 35.5 Å². The van der Waals surface area contributed by atoms with Gasteiger partial charge in [0.15, 0.2) is 11.6 Å². The summed E-state index contributed by atoms with van der Waals surface area (Å²) in [4.78, 5) is 25.9. The average Bonchev–Trinajstić information content (AvgIpc) is 3.12. The van der Waals surface area contributed by atoms with Crippen molar-refractivity contribution in [3.8, 4) is 5.75 Å². The quantitative estimate of drug-likeness (QED) is 0.801. The number of carbonyl (C=O) groups is 1. The average molecular weight is 378 g/mol. The molecule has 0 N–H and O–H groups in total. The molecule has 2 aromatic rings. The topological polar surface area (TPSA) is 58.6 Å². The Balaban J connectivity index is 1.20. The smallest absolute Gasteiger partial charge is 0.226 e. The maximum absolute atomic E-state index is 12.9. The lowest BCUT2D eigenvalue weighted by molar-refractivity contribution is -0.131. The predicted octanol–water partition coefficient (Wildman–Crippen LogP) is 2.86. The molecule has 6 heteroatoms. The maximum Gasteiger partial charge on any atom is 0.226 e. The van der Waals surface area contributed by atoms with Crippen LogP contribution in [-0.2, 0) is 4.79 Å². The van der Waals surface area contributed by atoms with Gasteiger partial charge in [-0.3, -0.25) is 9.78 Å². The minimum atomic E-state index is 0.0464. The number of hydrogen-bond acceptors (Lipinski definition) is 5. The third kappa shape index (κ3) is 3.43.